The van der Waals surface area contributed by atoms with Crippen LogP contribution in [0.5, 0.6) is 5.88 Å². The molecule has 1 aromatic heterocycles. The topological polar surface area (TPSA) is 42.2 Å². The number of ketones is 1. The molecule has 0 saturated heterocycles. The smallest absolute Gasteiger partial charge is 0.202 e. The van der Waals surface area contributed by atoms with Crippen molar-refractivity contribution < 1.29 is 9.90 Å². The number of aryl methyl sites for hydroxylation is 1. The minimum atomic E-state index is -0.166. The fourth-order valence-corrected chi connectivity index (χ4v) is 1.92. The molecule has 0 unspecified atom stereocenters. The average Bonchev–Trinajstić information content (AvgIpc) is 2.39. The summed E-state index contributed by atoms with van der Waals surface area (Å²) in [5.41, 5.74) is 1.12. The molecule has 0 bridgehead atoms. The first-order valence-electron chi connectivity index (χ1n) is 4.50. The molecule has 1 aromatic carbocycles. The Labute approximate surface area is 91.9 Å². The molecule has 15 heavy (non-hydrogen) atoms. The average molecular weight is 224 g/mol. The summed E-state index contributed by atoms with van der Waals surface area (Å²) < 4.78 is 1.57. The van der Waals surface area contributed by atoms with Gasteiger partial charge in [0.1, 0.15) is 0 Å². The lowest BCUT2D eigenvalue weighted by molar-refractivity contribution is 0.101. The van der Waals surface area contributed by atoms with Gasteiger partial charge in [0.2, 0.25) is 5.88 Å². The van der Waals surface area contributed by atoms with E-state index in [0.29, 0.717) is 16.0 Å². The lowest BCUT2D eigenvalue weighted by atomic mass is 10.1. The Hall–Kier alpha value is -1.48. The second kappa shape index (κ2) is 3.28. The van der Waals surface area contributed by atoms with E-state index in [1.165, 1.54) is 6.92 Å². The molecule has 0 fully saturated rings. The second-order valence-corrected chi connectivity index (χ2v) is 3.91. The molecule has 78 valence electrons. The van der Waals surface area contributed by atoms with Crippen LogP contribution in [0.1, 0.15) is 17.3 Å². The van der Waals surface area contributed by atoms with E-state index in [-0.39, 0.29) is 11.7 Å². The zero-order valence-corrected chi connectivity index (χ0v) is 9.17. The maximum absolute atomic E-state index is 11.4. The fraction of sp³-hybridized carbons (Fsp3) is 0.182. The van der Waals surface area contributed by atoms with E-state index in [9.17, 15) is 9.90 Å². The Bertz CT molecular complexity index is 557. The van der Waals surface area contributed by atoms with E-state index in [4.69, 9.17) is 11.6 Å². The van der Waals surface area contributed by atoms with Crippen LogP contribution in [0.2, 0.25) is 5.02 Å². The standard InChI is InChI=1S/C11H10ClNO2/c1-6(14)10-8-5-7(12)3-4-9(8)13(2)11(10)15/h3-5,15H,1-2H3. The predicted molar refractivity (Wildman–Crippen MR) is 59.6 cm³/mol. The number of fused-ring (bicyclic) bond motifs is 1. The van der Waals surface area contributed by atoms with E-state index in [1.54, 1.807) is 29.8 Å². The minimum absolute atomic E-state index is 0.0141. The Balaban J connectivity index is 2.95. The summed E-state index contributed by atoms with van der Waals surface area (Å²) in [6.07, 6.45) is 0. The highest BCUT2D eigenvalue weighted by Crippen LogP contribution is 2.32. The van der Waals surface area contributed by atoms with Gasteiger partial charge in [-0.2, -0.15) is 0 Å². The summed E-state index contributed by atoms with van der Waals surface area (Å²) in [7, 11) is 1.71. The number of benzene rings is 1. The van der Waals surface area contributed by atoms with Crippen molar-refractivity contribution in [1.29, 1.82) is 0 Å². The van der Waals surface area contributed by atoms with Crippen LogP contribution in [0.15, 0.2) is 18.2 Å². The molecule has 0 aliphatic rings. The molecule has 0 atom stereocenters. The molecule has 2 rings (SSSR count). The summed E-state index contributed by atoms with van der Waals surface area (Å²) in [6, 6.07) is 5.20. The van der Waals surface area contributed by atoms with Gasteiger partial charge in [-0.3, -0.25) is 4.79 Å². The van der Waals surface area contributed by atoms with Crippen LogP contribution >= 0.6 is 11.6 Å². The lowest BCUT2D eigenvalue weighted by Gasteiger charge is -1.96. The summed E-state index contributed by atoms with van der Waals surface area (Å²) in [4.78, 5) is 11.4. The molecule has 3 nitrogen and oxygen atoms in total. The highest BCUT2D eigenvalue weighted by molar-refractivity contribution is 6.31. The number of carbonyl (C=O) groups excluding carboxylic acids is 1. The molecule has 0 amide bonds. The van der Waals surface area contributed by atoms with Crippen LogP contribution in [0.3, 0.4) is 0 Å². The number of halogens is 1. The molecule has 2 aromatic rings. The van der Waals surface area contributed by atoms with Crippen molar-refractivity contribution in [3.63, 3.8) is 0 Å². The van der Waals surface area contributed by atoms with Gasteiger partial charge in [-0.1, -0.05) is 11.6 Å². The number of hydrogen-bond donors (Lipinski definition) is 1. The van der Waals surface area contributed by atoms with E-state index in [1.807, 2.05) is 0 Å². The van der Waals surface area contributed by atoms with Crippen molar-refractivity contribution in [2.24, 2.45) is 7.05 Å². The summed E-state index contributed by atoms with van der Waals surface area (Å²) in [5.74, 6) is -0.180. The Morgan fingerprint density at radius 1 is 1.47 bits per heavy atom. The number of carbonyl (C=O) groups is 1. The third-order valence-electron chi connectivity index (χ3n) is 2.48. The van der Waals surface area contributed by atoms with Crippen LogP contribution in [0.4, 0.5) is 0 Å². The van der Waals surface area contributed by atoms with Gasteiger partial charge in [0.25, 0.3) is 0 Å². The fourth-order valence-electron chi connectivity index (χ4n) is 1.75. The van der Waals surface area contributed by atoms with Crippen LogP contribution in [0.25, 0.3) is 10.9 Å². The molecule has 0 spiro atoms. The first-order chi connectivity index (χ1) is 7.02. The summed E-state index contributed by atoms with van der Waals surface area (Å²) in [6.45, 7) is 1.43. The van der Waals surface area contributed by atoms with Gasteiger partial charge in [-0.05, 0) is 25.1 Å². The van der Waals surface area contributed by atoms with Crippen LogP contribution in [-0.2, 0) is 7.05 Å². The van der Waals surface area contributed by atoms with Gasteiger partial charge in [0.15, 0.2) is 5.78 Å². The highest BCUT2D eigenvalue weighted by Gasteiger charge is 2.17. The van der Waals surface area contributed by atoms with Gasteiger partial charge < -0.3 is 9.67 Å². The van der Waals surface area contributed by atoms with Crippen molar-refractivity contribution in [3.8, 4) is 5.88 Å². The number of nitrogens with zero attached hydrogens (tertiary/aromatic N) is 1. The Kier molecular flexibility index (Phi) is 2.20. The maximum atomic E-state index is 11.4. The van der Waals surface area contributed by atoms with Gasteiger partial charge in [-0.25, -0.2) is 0 Å². The molecule has 0 saturated carbocycles. The first kappa shape index (κ1) is 10.1. The summed E-state index contributed by atoms with van der Waals surface area (Å²) >= 11 is 5.85. The SMILES string of the molecule is CC(=O)c1c(O)n(C)c2ccc(Cl)cc12. The number of aromatic nitrogens is 1. The van der Waals surface area contributed by atoms with Gasteiger partial charge in [0, 0.05) is 17.5 Å². The molecule has 0 radical (unpaired) electrons. The quantitative estimate of drug-likeness (QED) is 0.756. The van der Waals surface area contributed by atoms with Crippen molar-refractivity contribution in [2.45, 2.75) is 6.92 Å². The molecule has 4 heteroatoms. The van der Waals surface area contributed by atoms with Crippen LogP contribution in [-0.4, -0.2) is 15.5 Å². The third kappa shape index (κ3) is 1.39. The van der Waals surface area contributed by atoms with Crippen LogP contribution < -0.4 is 0 Å². The highest BCUT2D eigenvalue weighted by atomic mass is 35.5. The van der Waals surface area contributed by atoms with Gasteiger partial charge >= 0.3 is 0 Å². The van der Waals surface area contributed by atoms with E-state index in [2.05, 4.69) is 0 Å². The largest absolute Gasteiger partial charge is 0.494 e. The Morgan fingerprint density at radius 2 is 2.13 bits per heavy atom. The van der Waals surface area contributed by atoms with Crippen molar-refractivity contribution in [3.05, 3.63) is 28.8 Å². The van der Waals surface area contributed by atoms with Crippen molar-refractivity contribution in [2.75, 3.05) is 0 Å². The van der Waals surface area contributed by atoms with Crippen molar-refractivity contribution in [1.82, 2.24) is 4.57 Å². The molecule has 0 aliphatic heterocycles. The predicted octanol–water partition coefficient (Wildman–Crippen LogP) is 2.74. The number of aromatic hydroxyl groups is 1. The number of hydrogen-bond acceptors (Lipinski definition) is 2. The molecule has 1 N–H and O–H groups in total. The van der Waals surface area contributed by atoms with E-state index >= 15 is 0 Å². The number of rotatable bonds is 1. The number of Topliss-reactive ketones (excluding diaryl/α,β-unsaturated/α-hetero) is 1. The van der Waals surface area contributed by atoms with Gasteiger partial charge in [0.05, 0.1) is 11.1 Å². The zero-order chi connectivity index (χ0) is 11.2. The maximum Gasteiger partial charge on any atom is 0.202 e. The second-order valence-electron chi connectivity index (χ2n) is 3.48. The normalized spacial score (nSPS) is 10.9. The van der Waals surface area contributed by atoms with E-state index in [0.717, 1.165) is 5.52 Å². The molecular formula is C11H10ClNO2. The summed E-state index contributed by atoms with van der Waals surface area (Å²) in [5, 5.41) is 11.0. The van der Waals surface area contributed by atoms with Crippen LogP contribution in [0, 0.1) is 0 Å². The van der Waals surface area contributed by atoms with Gasteiger partial charge in [-0.15, -0.1) is 0 Å². The van der Waals surface area contributed by atoms with Crippen molar-refractivity contribution >= 4 is 28.3 Å². The van der Waals surface area contributed by atoms with E-state index < -0.39 is 0 Å². The molecule has 0 aliphatic carbocycles. The Morgan fingerprint density at radius 3 is 2.73 bits per heavy atom. The molecule has 1 heterocycles. The minimum Gasteiger partial charge on any atom is -0.494 e. The molecular weight excluding hydrogens is 214 g/mol. The monoisotopic (exact) mass is 223 g/mol. The third-order valence-corrected chi connectivity index (χ3v) is 2.72. The first-order valence-corrected chi connectivity index (χ1v) is 4.88. The zero-order valence-electron chi connectivity index (χ0n) is 8.41. The lowest BCUT2D eigenvalue weighted by Crippen LogP contribution is -1.91.